The molecule has 2 aliphatic rings. The van der Waals surface area contributed by atoms with Crippen LogP contribution in [0.1, 0.15) is 26.7 Å². The third-order valence-corrected chi connectivity index (χ3v) is 5.69. The minimum Gasteiger partial charge on any atom is -0.308 e. The normalized spacial score (nSPS) is 18.9. The predicted molar refractivity (Wildman–Crippen MR) is 114 cm³/mol. The van der Waals surface area contributed by atoms with Crippen LogP contribution in [0.3, 0.4) is 0 Å². The van der Waals surface area contributed by atoms with Gasteiger partial charge in [-0.3, -0.25) is 14.3 Å². The Morgan fingerprint density at radius 2 is 1.93 bits per heavy atom. The van der Waals surface area contributed by atoms with Crippen LogP contribution in [0.4, 0.5) is 11.4 Å². The maximum Gasteiger partial charge on any atom is 0.230 e. The number of hydrogen-bond acceptors (Lipinski definition) is 4. The Labute approximate surface area is 171 Å². The lowest BCUT2D eigenvalue weighted by molar-refractivity contribution is -0.120. The summed E-state index contributed by atoms with van der Waals surface area (Å²) in [6.45, 7) is 5.86. The van der Waals surface area contributed by atoms with Gasteiger partial charge in [0.05, 0.1) is 30.2 Å². The number of anilines is 2. The van der Waals surface area contributed by atoms with Gasteiger partial charge in [-0.05, 0) is 51.6 Å². The van der Waals surface area contributed by atoms with Gasteiger partial charge in [-0.1, -0.05) is 6.07 Å². The number of likely N-dealkylation sites (N-methyl/N-ethyl adjacent to an activating group) is 1. The van der Waals surface area contributed by atoms with Crippen LogP contribution in [0.15, 0.2) is 30.6 Å². The fraction of sp³-hybridized carbons (Fsp3) is 0.500. The molecule has 0 saturated heterocycles. The van der Waals surface area contributed by atoms with E-state index in [-0.39, 0.29) is 23.8 Å². The molecule has 0 N–H and O–H groups in total. The molecule has 2 heterocycles. The van der Waals surface area contributed by atoms with E-state index in [4.69, 9.17) is 0 Å². The molecule has 1 aliphatic carbocycles. The molecule has 0 bridgehead atoms. The number of amides is 2. The first-order chi connectivity index (χ1) is 13.8. The highest BCUT2D eigenvalue weighted by molar-refractivity contribution is 6.06. The van der Waals surface area contributed by atoms with Gasteiger partial charge in [0.1, 0.15) is 0 Å². The van der Waals surface area contributed by atoms with Gasteiger partial charge in [-0.2, -0.15) is 5.10 Å². The van der Waals surface area contributed by atoms with Gasteiger partial charge in [0.2, 0.25) is 11.8 Å². The fourth-order valence-electron chi connectivity index (χ4n) is 3.98. The SMILES string of the molecule is CC(=O)N1c2ccc(-c3cnn(CCN(C)C)c3)cc2N(C(=O)C2CC2)CC1C. The van der Waals surface area contributed by atoms with Crippen LogP contribution < -0.4 is 9.80 Å². The molecule has 1 atom stereocenters. The molecule has 1 aromatic heterocycles. The lowest BCUT2D eigenvalue weighted by atomic mass is 10.0. The molecule has 1 saturated carbocycles. The van der Waals surface area contributed by atoms with E-state index in [0.29, 0.717) is 6.54 Å². The van der Waals surface area contributed by atoms with Crippen molar-refractivity contribution in [3.8, 4) is 11.1 Å². The van der Waals surface area contributed by atoms with Gasteiger partial charge in [0, 0.05) is 37.7 Å². The van der Waals surface area contributed by atoms with Crippen molar-refractivity contribution in [3.05, 3.63) is 30.6 Å². The number of carbonyl (C=O) groups is 2. The Balaban J connectivity index is 1.69. The minimum absolute atomic E-state index is 0.00141. The summed E-state index contributed by atoms with van der Waals surface area (Å²) >= 11 is 0. The fourth-order valence-corrected chi connectivity index (χ4v) is 3.98. The molecule has 1 unspecified atom stereocenters. The van der Waals surface area contributed by atoms with Gasteiger partial charge in [0.15, 0.2) is 0 Å². The smallest absolute Gasteiger partial charge is 0.230 e. The number of aromatic nitrogens is 2. The molecule has 0 radical (unpaired) electrons. The minimum atomic E-state index is -0.0395. The molecular weight excluding hydrogens is 366 g/mol. The number of hydrogen-bond donors (Lipinski definition) is 0. The van der Waals surface area contributed by atoms with Gasteiger partial charge in [-0.15, -0.1) is 0 Å². The van der Waals surface area contributed by atoms with Crippen LogP contribution >= 0.6 is 0 Å². The van der Waals surface area contributed by atoms with E-state index in [1.807, 2.05) is 61.2 Å². The van der Waals surface area contributed by atoms with Crippen LogP contribution in [-0.4, -0.2) is 59.7 Å². The van der Waals surface area contributed by atoms with Gasteiger partial charge in [-0.25, -0.2) is 0 Å². The number of rotatable bonds is 5. The topological polar surface area (TPSA) is 61.7 Å². The van der Waals surface area contributed by atoms with E-state index in [1.165, 1.54) is 0 Å². The van der Waals surface area contributed by atoms with Gasteiger partial charge in [0.25, 0.3) is 0 Å². The number of nitrogens with zero attached hydrogens (tertiary/aromatic N) is 5. The first kappa shape index (κ1) is 19.6. The summed E-state index contributed by atoms with van der Waals surface area (Å²) in [6.07, 6.45) is 5.83. The lowest BCUT2D eigenvalue weighted by Gasteiger charge is -2.41. The summed E-state index contributed by atoms with van der Waals surface area (Å²) in [7, 11) is 4.09. The third-order valence-electron chi connectivity index (χ3n) is 5.69. The summed E-state index contributed by atoms with van der Waals surface area (Å²) in [5.74, 6) is 0.318. The molecular formula is C22H29N5O2. The zero-order valence-corrected chi connectivity index (χ0v) is 17.6. The summed E-state index contributed by atoms with van der Waals surface area (Å²) in [5, 5.41) is 4.47. The molecule has 2 aromatic rings. The summed E-state index contributed by atoms with van der Waals surface area (Å²) in [6, 6.07) is 5.97. The van der Waals surface area contributed by atoms with Gasteiger partial charge < -0.3 is 14.7 Å². The van der Waals surface area contributed by atoms with E-state index in [0.717, 1.165) is 48.4 Å². The number of fused-ring (bicyclic) bond motifs is 1. The maximum absolute atomic E-state index is 12.9. The molecule has 154 valence electrons. The largest absolute Gasteiger partial charge is 0.308 e. The molecule has 7 nitrogen and oxygen atoms in total. The van der Waals surface area contributed by atoms with E-state index in [2.05, 4.69) is 10.00 Å². The van der Waals surface area contributed by atoms with Crippen LogP contribution in [0, 0.1) is 5.92 Å². The molecule has 2 amide bonds. The Kier molecular flexibility index (Phi) is 5.17. The Bertz CT molecular complexity index is 931. The zero-order chi connectivity index (χ0) is 20.7. The highest BCUT2D eigenvalue weighted by Crippen LogP contribution is 2.41. The second-order valence-electron chi connectivity index (χ2n) is 8.46. The Hall–Kier alpha value is -2.67. The van der Waals surface area contributed by atoms with Crippen molar-refractivity contribution < 1.29 is 9.59 Å². The molecule has 1 fully saturated rings. The van der Waals surface area contributed by atoms with E-state index in [9.17, 15) is 9.59 Å². The van der Waals surface area contributed by atoms with E-state index >= 15 is 0 Å². The van der Waals surface area contributed by atoms with Crippen LogP contribution in [-0.2, 0) is 16.1 Å². The molecule has 1 aromatic carbocycles. The monoisotopic (exact) mass is 395 g/mol. The molecule has 1 aliphatic heterocycles. The number of carbonyl (C=O) groups excluding carboxylic acids is 2. The van der Waals surface area contributed by atoms with Crippen molar-refractivity contribution in [1.82, 2.24) is 14.7 Å². The van der Waals surface area contributed by atoms with Crippen molar-refractivity contribution in [2.75, 3.05) is 37.0 Å². The van der Waals surface area contributed by atoms with Crippen molar-refractivity contribution in [1.29, 1.82) is 0 Å². The van der Waals surface area contributed by atoms with Crippen molar-refractivity contribution in [3.63, 3.8) is 0 Å². The van der Waals surface area contributed by atoms with Crippen molar-refractivity contribution in [2.24, 2.45) is 5.92 Å². The second-order valence-corrected chi connectivity index (χ2v) is 8.46. The quantitative estimate of drug-likeness (QED) is 0.781. The summed E-state index contributed by atoms with van der Waals surface area (Å²) in [4.78, 5) is 31.0. The van der Waals surface area contributed by atoms with Crippen LogP contribution in [0.5, 0.6) is 0 Å². The zero-order valence-electron chi connectivity index (χ0n) is 17.6. The van der Waals surface area contributed by atoms with Crippen molar-refractivity contribution in [2.45, 2.75) is 39.3 Å². The Morgan fingerprint density at radius 3 is 2.59 bits per heavy atom. The second kappa shape index (κ2) is 7.63. The van der Waals surface area contributed by atoms with Crippen LogP contribution in [0.25, 0.3) is 11.1 Å². The summed E-state index contributed by atoms with van der Waals surface area (Å²) < 4.78 is 1.94. The maximum atomic E-state index is 12.9. The highest BCUT2D eigenvalue weighted by atomic mass is 16.2. The number of benzene rings is 1. The lowest BCUT2D eigenvalue weighted by Crippen LogP contribution is -2.51. The summed E-state index contributed by atoms with van der Waals surface area (Å²) in [5.41, 5.74) is 3.66. The first-order valence-electron chi connectivity index (χ1n) is 10.3. The average molecular weight is 396 g/mol. The van der Waals surface area contributed by atoms with E-state index in [1.54, 1.807) is 11.8 Å². The first-order valence-corrected chi connectivity index (χ1v) is 10.3. The average Bonchev–Trinajstić information content (AvgIpc) is 3.42. The van der Waals surface area contributed by atoms with Crippen molar-refractivity contribution >= 4 is 23.2 Å². The molecule has 7 heteroatoms. The molecule has 0 spiro atoms. The predicted octanol–water partition coefficient (Wildman–Crippen LogP) is 2.61. The molecule has 29 heavy (non-hydrogen) atoms. The highest BCUT2D eigenvalue weighted by Gasteiger charge is 2.39. The van der Waals surface area contributed by atoms with Gasteiger partial charge >= 0.3 is 0 Å². The standard InChI is InChI=1S/C22H29N5O2/c1-15-13-26(22(29)17-5-6-17)21-11-18(7-8-20(21)27(15)16(2)28)19-12-23-25(14-19)10-9-24(3)4/h7-8,11-12,14-15,17H,5-6,9-10,13H2,1-4H3. The molecule has 4 rings (SSSR count). The third kappa shape index (κ3) is 3.92. The van der Waals surface area contributed by atoms with E-state index < -0.39 is 0 Å². The Morgan fingerprint density at radius 1 is 1.17 bits per heavy atom. The van der Waals surface area contributed by atoms with Crippen LogP contribution in [0.2, 0.25) is 0 Å².